The van der Waals surface area contributed by atoms with Gasteiger partial charge in [-0.15, -0.1) is 0 Å². The Morgan fingerprint density at radius 3 is 3.04 bits per heavy atom. The summed E-state index contributed by atoms with van der Waals surface area (Å²) in [5, 5.41) is 14.4. The summed E-state index contributed by atoms with van der Waals surface area (Å²) in [6.45, 7) is 4.83. The Balaban J connectivity index is 1.55. The first-order valence-corrected chi connectivity index (χ1v) is 8.66. The van der Waals surface area contributed by atoms with E-state index in [2.05, 4.69) is 19.9 Å². The van der Waals surface area contributed by atoms with E-state index in [0.29, 0.717) is 36.4 Å². The van der Waals surface area contributed by atoms with Gasteiger partial charge in [-0.1, -0.05) is 17.3 Å². The second-order valence-corrected chi connectivity index (χ2v) is 6.77. The van der Waals surface area contributed by atoms with Crippen LogP contribution in [0.1, 0.15) is 36.2 Å². The summed E-state index contributed by atoms with van der Waals surface area (Å²) in [6, 6.07) is 6.50. The van der Waals surface area contributed by atoms with Crippen LogP contribution in [0.5, 0.6) is 0 Å². The molecule has 2 heterocycles. The minimum absolute atomic E-state index is 0.321. The van der Waals surface area contributed by atoms with Crippen LogP contribution in [0.4, 0.5) is 4.39 Å². The maximum Gasteiger partial charge on any atom is 0.223 e. The van der Waals surface area contributed by atoms with Crippen molar-refractivity contribution in [2.24, 2.45) is 0 Å². The van der Waals surface area contributed by atoms with Crippen LogP contribution in [-0.2, 0) is 6.54 Å². The molecule has 2 atom stereocenters. The van der Waals surface area contributed by atoms with Crippen molar-refractivity contribution in [2.75, 3.05) is 26.7 Å². The molecular formula is C18H25FN4O2. The summed E-state index contributed by atoms with van der Waals surface area (Å²) < 4.78 is 18.4. The number of halogens is 1. The van der Waals surface area contributed by atoms with Gasteiger partial charge in [0.2, 0.25) is 5.89 Å². The van der Waals surface area contributed by atoms with E-state index in [-0.39, 0.29) is 5.82 Å². The number of piperidine rings is 1. The Morgan fingerprint density at radius 1 is 1.48 bits per heavy atom. The van der Waals surface area contributed by atoms with E-state index >= 15 is 0 Å². The van der Waals surface area contributed by atoms with Gasteiger partial charge in [0.15, 0.2) is 5.82 Å². The highest BCUT2D eigenvalue weighted by Crippen LogP contribution is 2.20. The average Bonchev–Trinajstić information content (AvgIpc) is 3.00. The summed E-state index contributed by atoms with van der Waals surface area (Å²) in [5.74, 6) is 0.970. The van der Waals surface area contributed by atoms with E-state index in [1.54, 1.807) is 19.1 Å². The van der Waals surface area contributed by atoms with Crippen LogP contribution in [0.15, 0.2) is 28.8 Å². The predicted octanol–water partition coefficient (Wildman–Crippen LogP) is 2.15. The molecule has 0 radical (unpaired) electrons. The Hall–Kier alpha value is -1.83. The monoisotopic (exact) mass is 348 g/mol. The quantitative estimate of drug-likeness (QED) is 0.863. The molecule has 1 aliphatic heterocycles. The number of rotatable bonds is 6. The third kappa shape index (κ3) is 4.84. The molecule has 0 unspecified atom stereocenters. The van der Waals surface area contributed by atoms with E-state index in [4.69, 9.17) is 4.52 Å². The minimum Gasteiger partial charge on any atom is -0.387 e. The molecule has 0 amide bonds. The van der Waals surface area contributed by atoms with Crippen LogP contribution < -0.4 is 0 Å². The minimum atomic E-state index is -0.698. The normalized spacial score (nSPS) is 20.1. The molecule has 3 rings (SSSR count). The van der Waals surface area contributed by atoms with Crippen molar-refractivity contribution in [3.8, 4) is 0 Å². The molecule has 1 saturated heterocycles. The van der Waals surface area contributed by atoms with Crippen LogP contribution in [-0.4, -0.2) is 57.8 Å². The largest absolute Gasteiger partial charge is 0.387 e. The smallest absolute Gasteiger partial charge is 0.223 e. The van der Waals surface area contributed by atoms with Gasteiger partial charge in [0, 0.05) is 26.1 Å². The molecule has 7 heteroatoms. The van der Waals surface area contributed by atoms with Gasteiger partial charge in [0.05, 0.1) is 12.6 Å². The van der Waals surface area contributed by atoms with Gasteiger partial charge in [0.25, 0.3) is 0 Å². The number of aliphatic hydroxyl groups excluding tert-OH is 1. The first kappa shape index (κ1) is 18.0. The van der Waals surface area contributed by atoms with Crippen molar-refractivity contribution in [2.45, 2.75) is 38.5 Å². The summed E-state index contributed by atoms with van der Waals surface area (Å²) in [6.07, 6.45) is 1.46. The van der Waals surface area contributed by atoms with Crippen molar-refractivity contribution in [3.05, 3.63) is 47.4 Å². The summed E-state index contributed by atoms with van der Waals surface area (Å²) in [4.78, 5) is 8.73. The third-order valence-corrected chi connectivity index (χ3v) is 4.73. The van der Waals surface area contributed by atoms with E-state index in [9.17, 15) is 9.50 Å². The number of benzene rings is 1. The number of likely N-dealkylation sites (tertiary alicyclic amines) is 1. The first-order chi connectivity index (χ1) is 12.0. The topological polar surface area (TPSA) is 65.6 Å². The molecule has 136 valence electrons. The second kappa shape index (κ2) is 8.03. The Morgan fingerprint density at radius 2 is 2.32 bits per heavy atom. The van der Waals surface area contributed by atoms with Gasteiger partial charge in [-0.2, -0.15) is 4.98 Å². The van der Waals surface area contributed by atoms with Crippen molar-refractivity contribution in [1.82, 2.24) is 19.9 Å². The van der Waals surface area contributed by atoms with Crippen molar-refractivity contribution in [3.63, 3.8) is 0 Å². The molecule has 25 heavy (non-hydrogen) atoms. The van der Waals surface area contributed by atoms with Gasteiger partial charge in [-0.25, -0.2) is 4.39 Å². The lowest BCUT2D eigenvalue weighted by atomic mass is 10.0. The lowest BCUT2D eigenvalue weighted by Gasteiger charge is -2.38. The van der Waals surface area contributed by atoms with Crippen LogP contribution in [0.3, 0.4) is 0 Å². The number of hydrogen-bond donors (Lipinski definition) is 1. The zero-order chi connectivity index (χ0) is 17.8. The van der Waals surface area contributed by atoms with Crippen LogP contribution in [0, 0.1) is 12.7 Å². The third-order valence-electron chi connectivity index (χ3n) is 4.73. The zero-order valence-electron chi connectivity index (χ0n) is 14.7. The van der Waals surface area contributed by atoms with Crippen molar-refractivity contribution in [1.29, 1.82) is 0 Å². The molecule has 2 aromatic rings. The molecule has 1 fully saturated rings. The predicted molar refractivity (Wildman–Crippen MR) is 91.3 cm³/mol. The summed E-state index contributed by atoms with van der Waals surface area (Å²) >= 11 is 0. The van der Waals surface area contributed by atoms with Crippen molar-refractivity contribution >= 4 is 0 Å². The molecule has 1 aromatic carbocycles. The van der Waals surface area contributed by atoms with E-state index in [0.717, 1.165) is 25.9 Å². The molecule has 0 aliphatic carbocycles. The lowest BCUT2D eigenvalue weighted by Crippen LogP contribution is -2.47. The zero-order valence-corrected chi connectivity index (χ0v) is 14.7. The van der Waals surface area contributed by atoms with Gasteiger partial charge in [-0.05, 0) is 44.1 Å². The number of aliphatic hydroxyl groups is 1. The Labute approximate surface area is 147 Å². The maximum atomic E-state index is 13.3. The van der Waals surface area contributed by atoms with E-state index in [1.165, 1.54) is 12.1 Å². The molecule has 0 spiro atoms. The van der Waals surface area contributed by atoms with Crippen LogP contribution in [0.25, 0.3) is 0 Å². The Bertz CT molecular complexity index is 693. The molecule has 6 nitrogen and oxygen atoms in total. The number of likely N-dealkylation sites (N-methyl/N-ethyl adjacent to an activating group) is 1. The van der Waals surface area contributed by atoms with Crippen LogP contribution in [0.2, 0.25) is 0 Å². The molecule has 0 saturated carbocycles. The fraction of sp³-hybridized carbons (Fsp3) is 0.556. The fourth-order valence-electron chi connectivity index (χ4n) is 3.38. The van der Waals surface area contributed by atoms with Gasteiger partial charge < -0.3 is 9.63 Å². The molecular weight excluding hydrogens is 323 g/mol. The average molecular weight is 348 g/mol. The van der Waals surface area contributed by atoms with Crippen LogP contribution >= 0.6 is 0 Å². The van der Waals surface area contributed by atoms with Gasteiger partial charge in [0.1, 0.15) is 5.82 Å². The lowest BCUT2D eigenvalue weighted by molar-refractivity contribution is 0.0637. The fourth-order valence-corrected chi connectivity index (χ4v) is 3.38. The Kier molecular flexibility index (Phi) is 5.78. The van der Waals surface area contributed by atoms with E-state index in [1.807, 2.05) is 7.05 Å². The molecule has 1 N–H and O–H groups in total. The van der Waals surface area contributed by atoms with E-state index < -0.39 is 6.10 Å². The SMILES string of the molecule is Cc1nc(CN2CCC[C@@H](N(C)C[C@@H](O)c3cccc(F)c3)C2)no1. The first-order valence-electron chi connectivity index (χ1n) is 8.66. The highest BCUT2D eigenvalue weighted by atomic mass is 19.1. The van der Waals surface area contributed by atoms with Gasteiger partial charge in [-0.3, -0.25) is 9.80 Å². The maximum absolute atomic E-state index is 13.3. The summed E-state index contributed by atoms with van der Waals surface area (Å²) in [5.41, 5.74) is 0.613. The van der Waals surface area contributed by atoms with Gasteiger partial charge >= 0.3 is 0 Å². The van der Waals surface area contributed by atoms with Crippen molar-refractivity contribution < 1.29 is 14.0 Å². The molecule has 1 aromatic heterocycles. The number of aromatic nitrogens is 2. The second-order valence-electron chi connectivity index (χ2n) is 6.77. The number of nitrogens with zero attached hydrogens (tertiary/aromatic N) is 4. The number of aryl methyl sites for hydroxylation is 1. The summed E-state index contributed by atoms with van der Waals surface area (Å²) in [7, 11) is 2.01. The highest BCUT2D eigenvalue weighted by molar-refractivity contribution is 5.19. The molecule has 0 bridgehead atoms. The molecule has 1 aliphatic rings. The number of hydrogen-bond acceptors (Lipinski definition) is 6. The standard InChI is InChI=1S/C18H25FN4O2/c1-13-20-18(21-25-13)12-23-8-4-7-16(10-23)22(2)11-17(24)14-5-3-6-15(19)9-14/h3,5-6,9,16-17,24H,4,7-8,10-12H2,1-2H3/t16-,17-/m1/s1. The highest BCUT2D eigenvalue weighted by Gasteiger charge is 2.25.